The number of amides is 1. The van der Waals surface area contributed by atoms with Crippen molar-refractivity contribution in [2.75, 3.05) is 5.32 Å². The van der Waals surface area contributed by atoms with Gasteiger partial charge in [-0.3, -0.25) is 9.59 Å². The van der Waals surface area contributed by atoms with E-state index in [1.54, 1.807) is 20.8 Å². The molecule has 0 aliphatic rings. The molecule has 1 aromatic carbocycles. The van der Waals surface area contributed by atoms with Gasteiger partial charge in [-0.25, -0.2) is 0 Å². The second-order valence-electron chi connectivity index (χ2n) is 5.24. The molecular weight excluding hydrogens is 270 g/mol. The van der Waals surface area contributed by atoms with Crippen LogP contribution >= 0.6 is 0 Å². The largest absolute Gasteiger partial charge is 0.392 e. The standard InChI is InChI=1S/C16H21NO4/c1-9(2)15(20)13-5-11(7-18)12(8-19)6-14(13)17-16(21)10(3)4/h5-6,9,18-19H,3,7-8H2,1-2,4H3,(H,17,21). The van der Waals surface area contributed by atoms with Gasteiger partial charge < -0.3 is 15.5 Å². The van der Waals surface area contributed by atoms with E-state index in [1.807, 2.05) is 0 Å². The zero-order valence-corrected chi connectivity index (χ0v) is 12.6. The zero-order valence-electron chi connectivity index (χ0n) is 12.6. The fourth-order valence-electron chi connectivity index (χ4n) is 1.83. The Hall–Kier alpha value is -1.98. The number of benzene rings is 1. The van der Waals surface area contributed by atoms with Crippen LogP contribution in [0.25, 0.3) is 0 Å². The molecule has 0 aliphatic heterocycles. The minimum absolute atomic E-state index is 0.147. The number of hydrogen-bond donors (Lipinski definition) is 3. The Balaban J connectivity index is 3.39. The lowest BCUT2D eigenvalue weighted by molar-refractivity contribution is -0.112. The third-order valence-electron chi connectivity index (χ3n) is 3.11. The molecule has 0 saturated heterocycles. The van der Waals surface area contributed by atoms with Crippen LogP contribution in [0.2, 0.25) is 0 Å². The summed E-state index contributed by atoms with van der Waals surface area (Å²) in [6.07, 6.45) is 0. The Morgan fingerprint density at radius 1 is 1.19 bits per heavy atom. The van der Waals surface area contributed by atoms with E-state index < -0.39 is 5.91 Å². The third-order valence-corrected chi connectivity index (χ3v) is 3.11. The minimum atomic E-state index is -0.395. The van der Waals surface area contributed by atoms with Crippen LogP contribution in [0.4, 0.5) is 5.69 Å². The van der Waals surface area contributed by atoms with Crippen LogP contribution in [-0.2, 0) is 18.0 Å². The van der Waals surface area contributed by atoms with Gasteiger partial charge in [-0.05, 0) is 30.2 Å². The number of aliphatic hydroxyl groups excluding tert-OH is 2. The van der Waals surface area contributed by atoms with Crippen LogP contribution < -0.4 is 5.32 Å². The molecule has 0 saturated carbocycles. The molecule has 114 valence electrons. The summed E-state index contributed by atoms with van der Waals surface area (Å²) in [6.45, 7) is 8.05. The highest BCUT2D eigenvalue weighted by Crippen LogP contribution is 2.25. The van der Waals surface area contributed by atoms with Crippen molar-refractivity contribution >= 4 is 17.4 Å². The van der Waals surface area contributed by atoms with Crippen LogP contribution in [0.5, 0.6) is 0 Å². The van der Waals surface area contributed by atoms with Crippen molar-refractivity contribution in [2.24, 2.45) is 5.92 Å². The number of hydrogen-bond acceptors (Lipinski definition) is 4. The van der Waals surface area contributed by atoms with Gasteiger partial charge in [-0.15, -0.1) is 0 Å². The molecule has 0 aromatic heterocycles. The van der Waals surface area contributed by atoms with E-state index in [9.17, 15) is 19.8 Å². The molecule has 21 heavy (non-hydrogen) atoms. The molecule has 0 aliphatic carbocycles. The lowest BCUT2D eigenvalue weighted by Crippen LogP contribution is -2.18. The number of carbonyl (C=O) groups excluding carboxylic acids is 2. The average molecular weight is 291 g/mol. The molecule has 1 aromatic rings. The molecular formula is C16H21NO4. The Morgan fingerprint density at radius 2 is 1.71 bits per heavy atom. The maximum atomic E-state index is 12.3. The van der Waals surface area contributed by atoms with Crippen molar-refractivity contribution in [1.29, 1.82) is 0 Å². The molecule has 0 bridgehead atoms. The molecule has 0 unspecified atom stereocenters. The second-order valence-corrected chi connectivity index (χ2v) is 5.24. The summed E-state index contributed by atoms with van der Waals surface area (Å²) in [5.74, 6) is -0.795. The van der Waals surface area contributed by atoms with Gasteiger partial charge in [0.15, 0.2) is 5.78 Å². The summed E-state index contributed by atoms with van der Waals surface area (Å²) < 4.78 is 0. The van der Waals surface area contributed by atoms with Crippen molar-refractivity contribution in [3.8, 4) is 0 Å². The van der Waals surface area contributed by atoms with E-state index in [1.165, 1.54) is 12.1 Å². The molecule has 0 heterocycles. The van der Waals surface area contributed by atoms with E-state index in [0.29, 0.717) is 28.0 Å². The van der Waals surface area contributed by atoms with E-state index in [0.717, 1.165) is 0 Å². The maximum absolute atomic E-state index is 12.3. The van der Waals surface area contributed by atoms with E-state index >= 15 is 0 Å². The van der Waals surface area contributed by atoms with Gasteiger partial charge in [0.2, 0.25) is 0 Å². The first kappa shape index (κ1) is 17.1. The first-order valence-corrected chi connectivity index (χ1v) is 6.70. The molecule has 1 amide bonds. The van der Waals surface area contributed by atoms with Gasteiger partial charge in [0.1, 0.15) is 0 Å². The predicted molar refractivity (Wildman–Crippen MR) is 80.9 cm³/mol. The summed E-state index contributed by atoms with van der Waals surface area (Å²) in [6, 6.07) is 3.03. The van der Waals surface area contributed by atoms with Crippen LogP contribution in [-0.4, -0.2) is 21.9 Å². The quantitative estimate of drug-likeness (QED) is 0.553. The predicted octanol–water partition coefficient (Wildman–Crippen LogP) is 2.02. The lowest BCUT2D eigenvalue weighted by Gasteiger charge is -2.16. The summed E-state index contributed by atoms with van der Waals surface area (Å²) in [5, 5.41) is 21.3. The minimum Gasteiger partial charge on any atom is -0.392 e. The third kappa shape index (κ3) is 4.00. The molecule has 0 spiro atoms. The Bertz CT molecular complexity index is 576. The van der Waals surface area contributed by atoms with E-state index in [2.05, 4.69) is 11.9 Å². The average Bonchev–Trinajstić information content (AvgIpc) is 2.45. The van der Waals surface area contributed by atoms with Crippen molar-refractivity contribution < 1.29 is 19.8 Å². The number of carbonyl (C=O) groups is 2. The molecule has 5 nitrogen and oxygen atoms in total. The molecule has 1 rings (SSSR count). The molecule has 3 N–H and O–H groups in total. The number of rotatable bonds is 6. The van der Waals surface area contributed by atoms with E-state index in [-0.39, 0.29) is 24.9 Å². The molecule has 0 radical (unpaired) electrons. The number of Topliss-reactive ketones (excluding diaryl/α,β-unsaturated/α-hetero) is 1. The highest BCUT2D eigenvalue weighted by molar-refractivity contribution is 6.09. The Labute approximate surface area is 124 Å². The van der Waals surface area contributed by atoms with Gasteiger partial charge in [0, 0.05) is 17.1 Å². The van der Waals surface area contributed by atoms with Crippen LogP contribution in [0, 0.1) is 5.92 Å². The molecule has 0 atom stereocenters. The summed E-state index contributed by atoms with van der Waals surface area (Å²) in [7, 11) is 0. The topological polar surface area (TPSA) is 86.6 Å². The first-order valence-electron chi connectivity index (χ1n) is 6.70. The lowest BCUT2D eigenvalue weighted by atomic mass is 9.95. The van der Waals surface area contributed by atoms with Crippen molar-refractivity contribution in [2.45, 2.75) is 34.0 Å². The summed E-state index contributed by atoms with van der Waals surface area (Å²) in [5.41, 5.74) is 1.89. The maximum Gasteiger partial charge on any atom is 0.250 e. The van der Waals surface area contributed by atoms with Gasteiger partial charge in [0.05, 0.1) is 18.9 Å². The van der Waals surface area contributed by atoms with Crippen LogP contribution in [0.1, 0.15) is 42.3 Å². The highest BCUT2D eigenvalue weighted by Gasteiger charge is 2.19. The van der Waals surface area contributed by atoms with Crippen molar-refractivity contribution in [3.63, 3.8) is 0 Å². The van der Waals surface area contributed by atoms with Gasteiger partial charge in [0.25, 0.3) is 5.91 Å². The normalized spacial score (nSPS) is 10.6. The van der Waals surface area contributed by atoms with Crippen LogP contribution in [0.15, 0.2) is 24.3 Å². The van der Waals surface area contributed by atoms with Crippen molar-refractivity contribution in [3.05, 3.63) is 41.0 Å². The number of nitrogens with one attached hydrogen (secondary N) is 1. The Kier molecular flexibility index (Phi) is 5.81. The first-order chi connectivity index (χ1) is 9.81. The fourth-order valence-corrected chi connectivity index (χ4v) is 1.83. The zero-order chi connectivity index (χ0) is 16.2. The number of aliphatic hydroxyl groups is 2. The summed E-state index contributed by atoms with van der Waals surface area (Å²) >= 11 is 0. The monoisotopic (exact) mass is 291 g/mol. The second kappa shape index (κ2) is 7.15. The van der Waals surface area contributed by atoms with Gasteiger partial charge >= 0.3 is 0 Å². The van der Waals surface area contributed by atoms with Crippen LogP contribution in [0.3, 0.4) is 0 Å². The number of anilines is 1. The molecule has 5 heteroatoms. The highest BCUT2D eigenvalue weighted by atomic mass is 16.3. The molecule has 0 fully saturated rings. The summed E-state index contributed by atoms with van der Waals surface area (Å²) in [4.78, 5) is 24.0. The Morgan fingerprint density at radius 3 is 2.14 bits per heavy atom. The van der Waals surface area contributed by atoms with Crippen molar-refractivity contribution in [1.82, 2.24) is 0 Å². The van der Waals surface area contributed by atoms with Gasteiger partial charge in [-0.1, -0.05) is 20.4 Å². The number of ketones is 1. The fraction of sp³-hybridized carbons (Fsp3) is 0.375. The SMILES string of the molecule is C=C(C)C(=O)Nc1cc(CO)c(CO)cc1C(=O)C(C)C. The van der Waals surface area contributed by atoms with Gasteiger partial charge in [-0.2, -0.15) is 0 Å². The smallest absolute Gasteiger partial charge is 0.250 e. The van der Waals surface area contributed by atoms with E-state index in [4.69, 9.17) is 0 Å².